The minimum atomic E-state index is -0.0656. The van der Waals surface area contributed by atoms with Gasteiger partial charge in [0.15, 0.2) is 0 Å². The van der Waals surface area contributed by atoms with Gasteiger partial charge in [-0.3, -0.25) is 4.79 Å². The summed E-state index contributed by atoms with van der Waals surface area (Å²) in [6, 6.07) is 7.80. The number of fused-ring (bicyclic) bond motifs is 1. The van der Waals surface area contributed by atoms with Crippen molar-refractivity contribution in [3.05, 3.63) is 47.0 Å². The molecule has 0 bridgehead atoms. The molecule has 1 aliphatic rings. The molecule has 0 spiro atoms. The molecule has 0 unspecified atom stereocenters. The first-order valence-corrected chi connectivity index (χ1v) is 9.80. The molecular weight excluding hydrogens is 362 g/mol. The van der Waals surface area contributed by atoms with Crippen LogP contribution in [0.1, 0.15) is 36.0 Å². The molecule has 0 radical (unpaired) electrons. The summed E-state index contributed by atoms with van der Waals surface area (Å²) >= 11 is 1.47. The fourth-order valence-corrected chi connectivity index (χ4v) is 3.85. The van der Waals surface area contributed by atoms with Crippen LogP contribution in [0.15, 0.2) is 29.6 Å². The predicted molar refractivity (Wildman–Crippen MR) is 103 cm³/mol. The van der Waals surface area contributed by atoms with E-state index in [0.717, 1.165) is 28.0 Å². The van der Waals surface area contributed by atoms with Crippen molar-refractivity contribution in [3.8, 4) is 16.3 Å². The molecule has 1 amide bonds. The summed E-state index contributed by atoms with van der Waals surface area (Å²) in [7, 11) is 0. The average molecular weight is 383 g/mol. The third-order valence-electron chi connectivity index (χ3n) is 4.25. The average Bonchev–Trinajstić information content (AvgIpc) is 3.26. The number of hydrogen-bond donors (Lipinski definition) is 0. The zero-order valence-electron chi connectivity index (χ0n) is 15.5. The number of aryl methyl sites for hydroxylation is 1. The molecule has 0 aliphatic carbocycles. The van der Waals surface area contributed by atoms with Crippen molar-refractivity contribution in [1.82, 2.24) is 24.6 Å². The van der Waals surface area contributed by atoms with Crippen molar-refractivity contribution in [2.24, 2.45) is 0 Å². The Bertz CT molecular complexity index is 961. The summed E-state index contributed by atoms with van der Waals surface area (Å²) in [6.45, 7) is 7.60. The van der Waals surface area contributed by atoms with Crippen LogP contribution >= 0.6 is 11.3 Å². The summed E-state index contributed by atoms with van der Waals surface area (Å²) in [5.41, 5.74) is 1.45. The van der Waals surface area contributed by atoms with Gasteiger partial charge in [0.05, 0.1) is 19.2 Å². The zero-order chi connectivity index (χ0) is 19.0. The number of nitrogens with zero attached hydrogens (tertiary/aromatic N) is 5. The van der Waals surface area contributed by atoms with Crippen LogP contribution in [0.3, 0.4) is 0 Å². The molecule has 0 saturated heterocycles. The Morgan fingerprint density at radius 2 is 1.96 bits per heavy atom. The van der Waals surface area contributed by atoms with E-state index in [-0.39, 0.29) is 12.0 Å². The maximum absolute atomic E-state index is 12.8. The third-order valence-corrected chi connectivity index (χ3v) is 5.14. The molecule has 2 aromatic heterocycles. The van der Waals surface area contributed by atoms with Crippen LogP contribution in [0.4, 0.5) is 0 Å². The van der Waals surface area contributed by atoms with Gasteiger partial charge in [0, 0.05) is 17.5 Å². The van der Waals surface area contributed by atoms with E-state index < -0.39 is 0 Å². The highest BCUT2D eigenvalue weighted by atomic mass is 32.1. The van der Waals surface area contributed by atoms with Crippen LogP contribution in [0.5, 0.6) is 5.75 Å². The van der Waals surface area contributed by atoms with Gasteiger partial charge >= 0.3 is 0 Å². The Hall–Kier alpha value is -2.74. The number of amides is 1. The van der Waals surface area contributed by atoms with Crippen molar-refractivity contribution in [2.45, 2.75) is 40.0 Å². The van der Waals surface area contributed by atoms with E-state index >= 15 is 0 Å². The summed E-state index contributed by atoms with van der Waals surface area (Å²) in [4.78, 5) is 23.5. The number of thiazole rings is 1. The van der Waals surface area contributed by atoms with Crippen LogP contribution < -0.4 is 4.74 Å². The minimum absolute atomic E-state index is 0.0656. The molecule has 1 aliphatic heterocycles. The summed E-state index contributed by atoms with van der Waals surface area (Å²) in [6.07, 6.45) is 0.138. The van der Waals surface area contributed by atoms with Gasteiger partial charge in [0.1, 0.15) is 28.1 Å². The van der Waals surface area contributed by atoms with Gasteiger partial charge in [-0.05, 0) is 45.0 Å². The zero-order valence-corrected chi connectivity index (χ0v) is 16.4. The molecule has 0 N–H and O–H groups in total. The fraction of sp³-hybridized carbons (Fsp3) is 0.368. The highest BCUT2D eigenvalue weighted by Crippen LogP contribution is 2.27. The Kier molecular flexibility index (Phi) is 4.65. The lowest BCUT2D eigenvalue weighted by molar-refractivity contribution is 0.0697. The van der Waals surface area contributed by atoms with Gasteiger partial charge in [0.2, 0.25) is 0 Å². The molecule has 7 nitrogen and oxygen atoms in total. The molecule has 140 valence electrons. The number of carbonyl (C=O) groups is 1. The lowest BCUT2D eigenvalue weighted by Crippen LogP contribution is -2.38. The highest BCUT2D eigenvalue weighted by molar-refractivity contribution is 7.13. The molecule has 8 heteroatoms. The van der Waals surface area contributed by atoms with Crippen molar-refractivity contribution in [1.29, 1.82) is 0 Å². The second-order valence-corrected chi connectivity index (χ2v) is 7.61. The second kappa shape index (κ2) is 7.11. The van der Waals surface area contributed by atoms with Crippen LogP contribution in [0.25, 0.3) is 10.6 Å². The molecule has 3 aromatic rings. The maximum Gasteiger partial charge on any atom is 0.273 e. The Labute approximate surface area is 161 Å². The topological polar surface area (TPSA) is 73.1 Å². The first kappa shape index (κ1) is 17.7. The van der Waals surface area contributed by atoms with E-state index in [1.807, 2.05) is 55.1 Å². The molecule has 27 heavy (non-hydrogen) atoms. The molecule has 1 aromatic carbocycles. The predicted octanol–water partition coefficient (Wildman–Crippen LogP) is 3.15. The van der Waals surface area contributed by atoms with E-state index in [1.54, 1.807) is 4.90 Å². The molecule has 3 heterocycles. The maximum atomic E-state index is 12.8. The molecular formula is C19H21N5O2S. The summed E-state index contributed by atoms with van der Waals surface area (Å²) in [5.74, 6) is 2.32. The van der Waals surface area contributed by atoms with E-state index in [0.29, 0.717) is 25.3 Å². The summed E-state index contributed by atoms with van der Waals surface area (Å²) in [5, 5.41) is 6.97. The van der Waals surface area contributed by atoms with E-state index in [9.17, 15) is 4.79 Å². The first-order chi connectivity index (χ1) is 13.0. The van der Waals surface area contributed by atoms with Crippen molar-refractivity contribution in [2.75, 3.05) is 6.54 Å². The van der Waals surface area contributed by atoms with Gasteiger partial charge in [0.25, 0.3) is 5.91 Å². The van der Waals surface area contributed by atoms with Gasteiger partial charge < -0.3 is 9.64 Å². The standard InChI is InChI=1S/C19H21N5O2S/c1-12(2)26-15-6-4-14(5-7-15)18-21-16(11-27-18)19(25)23-8-9-24-17(10-23)20-13(3)22-24/h4-7,11-12H,8-10H2,1-3H3. The number of benzene rings is 1. The largest absolute Gasteiger partial charge is 0.491 e. The number of carbonyl (C=O) groups excluding carboxylic acids is 1. The van der Waals surface area contributed by atoms with Gasteiger partial charge in [-0.1, -0.05) is 0 Å². The second-order valence-electron chi connectivity index (χ2n) is 6.75. The number of rotatable bonds is 4. The Morgan fingerprint density at radius 3 is 2.70 bits per heavy atom. The molecule has 0 atom stereocenters. The lowest BCUT2D eigenvalue weighted by Gasteiger charge is -2.25. The minimum Gasteiger partial charge on any atom is -0.491 e. The molecule has 0 fully saturated rings. The third kappa shape index (κ3) is 3.71. The van der Waals surface area contributed by atoms with Gasteiger partial charge in [-0.25, -0.2) is 14.6 Å². The van der Waals surface area contributed by atoms with Crippen LogP contribution in [-0.4, -0.2) is 43.2 Å². The SMILES string of the molecule is Cc1nc2n(n1)CCN(C(=O)c1csc(-c3ccc(OC(C)C)cc3)n1)C2. The normalized spacial score (nSPS) is 13.7. The van der Waals surface area contributed by atoms with Crippen molar-refractivity contribution in [3.63, 3.8) is 0 Å². The summed E-state index contributed by atoms with van der Waals surface area (Å²) < 4.78 is 7.53. The first-order valence-electron chi connectivity index (χ1n) is 8.92. The van der Waals surface area contributed by atoms with Crippen LogP contribution in [0, 0.1) is 6.92 Å². The van der Waals surface area contributed by atoms with E-state index in [4.69, 9.17) is 4.74 Å². The monoisotopic (exact) mass is 383 g/mol. The van der Waals surface area contributed by atoms with Crippen LogP contribution in [0.2, 0.25) is 0 Å². The van der Waals surface area contributed by atoms with Gasteiger partial charge in [-0.2, -0.15) is 5.10 Å². The number of aromatic nitrogens is 4. The van der Waals surface area contributed by atoms with Crippen LogP contribution in [-0.2, 0) is 13.1 Å². The fourth-order valence-electron chi connectivity index (χ4n) is 3.05. The van der Waals surface area contributed by atoms with E-state index in [1.165, 1.54) is 11.3 Å². The number of ether oxygens (including phenoxy) is 1. The molecule has 0 saturated carbocycles. The van der Waals surface area contributed by atoms with Crippen molar-refractivity contribution >= 4 is 17.2 Å². The lowest BCUT2D eigenvalue weighted by atomic mass is 10.2. The Balaban J connectivity index is 1.48. The molecule has 4 rings (SSSR count). The number of hydrogen-bond acceptors (Lipinski definition) is 6. The Morgan fingerprint density at radius 1 is 1.19 bits per heavy atom. The van der Waals surface area contributed by atoms with Crippen molar-refractivity contribution < 1.29 is 9.53 Å². The highest BCUT2D eigenvalue weighted by Gasteiger charge is 2.25. The van der Waals surface area contributed by atoms with E-state index in [2.05, 4.69) is 15.1 Å². The smallest absolute Gasteiger partial charge is 0.273 e. The van der Waals surface area contributed by atoms with Gasteiger partial charge in [-0.15, -0.1) is 11.3 Å². The quantitative estimate of drug-likeness (QED) is 0.692.